The molecule has 12 heavy (non-hydrogen) atoms. The van der Waals surface area contributed by atoms with Crippen LogP contribution in [0.15, 0.2) is 0 Å². The van der Waals surface area contributed by atoms with Gasteiger partial charge in [-0.05, 0) is 5.41 Å². The zero-order chi connectivity index (χ0) is 9.78. The van der Waals surface area contributed by atoms with Crippen molar-refractivity contribution in [3.05, 3.63) is 0 Å². The quantitative estimate of drug-likeness (QED) is 0.625. The summed E-state index contributed by atoms with van der Waals surface area (Å²) in [5.74, 6) is -0.104. The fourth-order valence-electron chi connectivity index (χ4n) is 1.00. The van der Waals surface area contributed by atoms with E-state index in [9.17, 15) is 4.79 Å². The van der Waals surface area contributed by atoms with Crippen molar-refractivity contribution >= 4 is 5.91 Å². The molecule has 3 nitrogen and oxygen atoms in total. The summed E-state index contributed by atoms with van der Waals surface area (Å²) in [4.78, 5) is 12.7. The summed E-state index contributed by atoms with van der Waals surface area (Å²) >= 11 is 0. The van der Waals surface area contributed by atoms with Crippen LogP contribution in [-0.4, -0.2) is 24.4 Å². The Hall–Kier alpha value is -1.04. The SMILES string of the molecule is CN(CC(C)(C)C)C(=O)CC#N. The van der Waals surface area contributed by atoms with Crippen molar-refractivity contribution in [3.8, 4) is 6.07 Å². The van der Waals surface area contributed by atoms with Gasteiger partial charge in [-0.15, -0.1) is 0 Å². The van der Waals surface area contributed by atoms with Gasteiger partial charge in [0.05, 0.1) is 6.07 Å². The molecular formula is C9H16N2O. The Morgan fingerprint density at radius 2 is 2.00 bits per heavy atom. The van der Waals surface area contributed by atoms with Crippen molar-refractivity contribution in [1.29, 1.82) is 5.26 Å². The van der Waals surface area contributed by atoms with Crippen molar-refractivity contribution in [3.63, 3.8) is 0 Å². The predicted octanol–water partition coefficient (Wildman–Crippen LogP) is 1.40. The first-order chi connectivity index (χ1) is 5.37. The van der Waals surface area contributed by atoms with Crippen LogP contribution >= 0.6 is 0 Å². The molecule has 0 aliphatic rings. The monoisotopic (exact) mass is 168 g/mol. The number of carbonyl (C=O) groups excluding carboxylic acids is 1. The van der Waals surface area contributed by atoms with E-state index in [0.717, 1.165) is 0 Å². The molecule has 0 saturated heterocycles. The van der Waals surface area contributed by atoms with Crippen LogP contribution in [0.3, 0.4) is 0 Å². The van der Waals surface area contributed by atoms with E-state index in [-0.39, 0.29) is 17.7 Å². The van der Waals surface area contributed by atoms with Crippen LogP contribution < -0.4 is 0 Å². The second kappa shape index (κ2) is 4.10. The molecule has 1 amide bonds. The first kappa shape index (κ1) is 11.0. The second-order valence-electron chi connectivity index (χ2n) is 4.15. The van der Waals surface area contributed by atoms with Crippen molar-refractivity contribution in [2.45, 2.75) is 27.2 Å². The molecule has 0 aromatic carbocycles. The van der Waals surface area contributed by atoms with Crippen LogP contribution in [-0.2, 0) is 4.79 Å². The lowest BCUT2D eigenvalue weighted by Gasteiger charge is -2.25. The molecule has 68 valence electrons. The van der Waals surface area contributed by atoms with Gasteiger partial charge in [0.2, 0.25) is 5.91 Å². The van der Waals surface area contributed by atoms with Crippen molar-refractivity contribution < 1.29 is 4.79 Å². The summed E-state index contributed by atoms with van der Waals surface area (Å²) < 4.78 is 0. The summed E-state index contributed by atoms with van der Waals surface area (Å²) in [6.07, 6.45) is -0.0213. The Kier molecular flexibility index (Phi) is 3.75. The maximum absolute atomic E-state index is 11.1. The molecule has 0 unspecified atom stereocenters. The molecule has 0 spiro atoms. The highest BCUT2D eigenvalue weighted by molar-refractivity contribution is 5.77. The third-order valence-electron chi connectivity index (χ3n) is 1.37. The van der Waals surface area contributed by atoms with Gasteiger partial charge in [-0.1, -0.05) is 20.8 Å². The average molecular weight is 168 g/mol. The van der Waals surface area contributed by atoms with Gasteiger partial charge < -0.3 is 4.90 Å². The highest BCUT2D eigenvalue weighted by Crippen LogP contribution is 2.14. The molecule has 3 heteroatoms. The van der Waals surface area contributed by atoms with Gasteiger partial charge in [0.1, 0.15) is 6.42 Å². The molecule has 0 aromatic heterocycles. The highest BCUT2D eigenvalue weighted by atomic mass is 16.2. The number of rotatable bonds is 2. The molecule has 0 N–H and O–H groups in total. The van der Waals surface area contributed by atoms with Crippen LogP contribution in [0.2, 0.25) is 0 Å². The van der Waals surface area contributed by atoms with Crippen LogP contribution in [0.4, 0.5) is 0 Å². The van der Waals surface area contributed by atoms with E-state index in [1.165, 1.54) is 0 Å². The lowest BCUT2D eigenvalue weighted by molar-refractivity contribution is -0.129. The van der Waals surface area contributed by atoms with E-state index >= 15 is 0 Å². The first-order valence-electron chi connectivity index (χ1n) is 3.98. The second-order valence-corrected chi connectivity index (χ2v) is 4.15. The molecule has 0 aliphatic carbocycles. The minimum atomic E-state index is -0.104. The lowest BCUT2D eigenvalue weighted by atomic mass is 9.96. The fraction of sp³-hybridized carbons (Fsp3) is 0.778. The molecule has 0 heterocycles. The topological polar surface area (TPSA) is 44.1 Å². The van der Waals surface area contributed by atoms with E-state index in [4.69, 9.17) is 5.26 Å². The van der Waals surface area contributed by atoms with Gasteiger partial charge in [0.15, 0.2) is 0 Å². The smallest absolute Gasteiger partial charge is 0.236 e. The zero-order valence-electron chi connectivity index (χ0n) is 8.22. The maximum atomic E-state index is 11.1. The first-order valence-corrected chi connectivity index (χ1v) is 3.98. The molecule has 0 bridgehead atoms. The fourth-order valence-corrected chi connectivity index (χ4v) is 1.00. The number of nitrogens with zero attached hydrogens (tertiary/aromatic N) is 2. The van der Waals surface area contributed by atoms with Crippen LogP contribution in [0, 0.1) is 16.7 Å². The third-order valence-corrected chi connectivity index (χ3v) is 1.37. The van der Waals surface area contributed by atoms with E-state index < -0.39 is 0 Å². The number of nitriles is 1. The van der Waals surface area contributed by atoms with E-state index in [1.54, 1.807) is 11.9 Å². The van der Waals surface area contributed by atoms with Crippen molar-refractivity contribution in [2.24, 2.45) is 5.41 Å². The summed E-state index contributed by atoms with van der Waals surface area (Å²) in [7, 11) is 1.73. The average Bonchev–Trinajstić information content (AvgIpc) is 1.84. The minimum absolute atomic E-state index is 0.0213. The van der Waals surface area contributed by atoms with Gasteiger partial charge in [0, 0.05) is 13.6 Å². The Labute approximate surface area is 74.0 Å². The molecule has 0 saturated carbocycles. The van der Waals surface area contributed by atoms with Crippen LogP contribution in [0.1, 0.15) is 27.2 Å². The Bertz CT molecular complexity index is 198. The number of hydrogen-bond donors (Lipinski definition) is 0. The normalized spacial score (nSPS) is 10.6. The standard InChI is InChI=1S/C9H16N2O/c1-9(2,3)7-11(4)8(12)5-6-10/h5,7H2,1-4H3. The summed E-state index contributed by atoms with van der Waals surface area (Å²) in [6.45, 7) is 6.86. The largest absolute Gasteiger partial charge is 0.344 e. The number of amides is 1. The Morgan fingerprint density at radius 1 is 1.50 bits per heavy atom. The lowest BCUT2D eigenvalue weighted by Crippen LogP contribution is -2.34. The van der Waals surface area contributed by atoms with Crippen molar-refractivity contribution in [1.82, 2.24) is 4.90 Å². The number of hydrogen-bond acceptors (Lipinski definition) is 2. The van der Waals surface area contributed by atoms with Gasteiger partial charge in [0.25, 0.3) is 0 Å². The van der Waals surface area contributed by atoms with Gasteiger partial charge in [-0.3, -0.25) is 4.79 Å². The minimum Gasteiger partial charge on any atom is -0.344 e. The molecule has 0 rings (SSSR count). The molecule has 0 aliphatic heterocycles. The molecule has 0 atom stereocenters. The van der Waals surface area contributed by atoms with Crippen LogP contribution in [0.5, 0.6) is 0 Å². The molecular weight excluding hydrogens is 152 g/mol. The molecule has 0 radical (unpaired) electrons. The summed E-state index contributed by atoms with van der Waals surface area (Å²) in [6, 6.07) is 1.84. The van der Waals surface area contributed by atoms with Gasteiger partial charge in [-0.2, -0.15) is 5.26 Å². The van der Waals surface area contributed by atoms with Crippen molar-refractivity contribution in [2.75, 3.05) is 13.6 Å². The van der Waals surface area contributed by atoms with E-state index in [0.29, 0.717) is 6.54 Å². The van der Waals surface area contributed by atoms with Crippen LogP contribution in [0.25, 0.3) is 0 Å². The van der Waals surface area contributed by atoms with Gasteiger partial charge in [-0.25, -0.2) is 0 Å². The molecule has 0 fully saturated rings. The summed E-state index contributed by atoms with van der Waals surface area (Å²) in [5.41, 5.74) is 0.0971. The predicted molar refractivity (Wildman–Crippen MR) is 47.3 cm³/mol. The highest BCUT2D eigenvalue weighted by Gasteiger charge is 2.16. The third kappa shape index (κ3) is 4.73. The van der Waals surface area contributed by atoms with E-state index in [1.807, 2.05) is 6.07 Å². The van der Waals surface area contributed by atoms with E-state index in [2.05, 4.69) is 20.8 Å². The summed E-state index contributed by atoms with van der Waals surface area (Å²) in [5, 5.41) is 8.29. The zero-order valence-corrected chi connectivity index (χ0v) is 8.22. The molecule has 0 aromatic rings. The maximum Gasteiger partial charge on any atom is 0.236 e. The van der Waals surface area contributed by atoms with Gasteiger partial charge >= 0.3 is 0 Å². The Morgan fingerprint density at radius 3 is 2.33 bits per heavy atom. The Balaban J connectivity index is 3.98. The number of carbonyl (C=O) groups is 1.